The Bertz CT molecular complexity index is 2230. The molecule has 57 heavy (non-hydrogen) atoms. The summed E-state index contributed by atoms with van der Waals surface area (Å²) in [5.74, 6) is 0.183. The summed E-state index contributed by atoms with van der Waals surface area (Å²) in [6.45, 7) is 7.88. The molecule has 13 heteroatoms. The highest BCUT2D eigenvalue weighted by Gasteiger charge is 2.53. The average molecular weight is 793 g/mol. The van der Waals surface area contributed by atoms with E-state index < -0.39 is 0 Å². The van der Waals surface area contributed by atoms with E-state index >= 15 is 0 Å². The number of nitrogens with one attached hydrogen (secondary N) is 2. The minimum absolute atomic E-state index is 0.0593. The fraction of sp³-hybridized carbons (Fsp3) is 0.523. The molecule has 3 aliphatic heterocycles. The maximum atomic E-state index is 13.8. The van der Waals surface area contributed by atoms with Gasteiger partial charge in [-0.05, 0) is 93.5 Å². The lowest BCUT2D eigenvalue weighted by molar-refractivity contribution is -0.115. The summed E-state index contributed by atoms with van der Waals surface area (Å²) < 4.78 is 9.43. The Morgan fingerprint density at radius 2 is 1.47 bits per heavy atom. The first-order valence-corrected chi connectivity index (χ1v) is 21.0. The number of hydrogen-bond acceptors (Lipinski definition) is 8. The van der Waals surface area contributed by atoms with E-state index in [1.165, 1.54) is 6.29 Å². The van der Waals surface area contributed by atoms with Crippen molar-refractivity contribution in [1.82, 2.24) is 28.9 Å². The van der Waals surface area contributed by atoms with Crippen LogP contribution in [-0.4, -0.2) is 85.9 Å². The number of halogens is 1. The molecule has 2 aromatic carbocycles. The molecule has 2 saturated carbocycles. The summed E-state index contributed by atoms with van der Waals surface area (Å²) in [6, 6.07) is 11.8. The van der Waals surface area contributed by atoms with Gasteiger partial charge in [-0.15, -0.1) is 0 Å². The van der Waals surface area contributed by atoms with Gasteiger partial charge in [0.25, 0.3) is 11.8 Å². The summed E-state index contributed by atoms with van der Waals surface area (Å²) in [5, 5.41) is 6.57. The number of hydrogen-bond donors (Lipinski definition) is 2. The van der Waals surface area contributed by atoms with Crippen molar-refractivity contribution in [2.24, 2.45) is 24.9 Å². The summed E-state index contributed by atoms with van der Waals surface area (Å²) in [6.07, 6.45) is 11.6. The van der Waals surface area contributed by atoms with Gasteiger partial charge in [0, 0.05) is 100 Å². The maximum Gasteiger partial charge on any atom is 0.291 e. The highest BCUT2D eigenvalue weighted by atomic mass is 35.5. The van der Waals surface area contributed by atoms with Crippen LogP contribution in [-0.2, 0) is 49.6 Å². The topological polar surface area (TPSA) is 127 Å². The quantitative estimate of drug-likeness (QED) is 0.170. The monoisotopic (exact) mass is 792 g/mol. The van der Waals surface area contributed by atoms with Gasteiger partial charge in [-0.3, -0.25) is 19.4 Å². The predicted octanol–water partition coefficient (Wildman–Crippen LogP) is 6.72. The standard InChI is InChI=1S/C44H53ClN8O4/c1-28-30(6-4-8-32(28)48-41(55)39-47-35-25-53(20-11-37(35)51(39)3)29-12-22-57-23-13-29)31-7-5-9-33(38(31)45)49-42(56)40-46-34-24-52(19-10-36(34)50(40)2)21-18-43-14-16-44(26-43,27-54)17-15-43/h4-9,27,29H,10-26H2,1-3H3,(H,48,55)(H,49,56). The van der Waals surface area contributed by atoms with E-state index in [1.54, 1.807) is 6.07 Å². The molecule has 0 atom stereocenters. The van der Waals surface area contributed by atoms with Gasteiger partial charge >= 0.3 is 0 Å². The Labute approximate surface area is 339 Å². The van der Waals surface area contributed by atoms with Crippen molar-refractivity contribution in [3.8, 4) is 11.1 Å². The van der Waals surface area contributed by atoms with Crippen LogP contribution in [0.5, 0.6) is 0 Å². The average Bonchev–Trinajstić information content (AvgIpc) is 3.98. The molecule has 1 saturated heterocycles. The number of anilines is 2. The molecule has 5 aliphatic rings. The molecule has 300 valence electrons. The first-order valence-electron chi connectivity index (χ1n) is 20.7. The van der Waals surface area contributed by atoms with Crippen LogP contribution >= 0.6 is 11.6 Å². The Balaban J connectivity index is 0.867. The van der Waals surface area contributed by atoms with Crippen molar-refractivity contribution in [1.29, 1.82) is 0 Å². The number of ether oxygens (including phenoxy) is 1. The van der Waals surface area contributed by atoms with Gasteiger partial charge in [0.1, 0.15) is 6.29 Å². The van der Waals surface area contributed by atoms with Crippen molar-refractivity contribution < 1.29 is 19.1 Å². The van der Waals surface area contributed by atoms with E-state index in [0.717, 1.165) is 143 Å². The minimum atomic E-state index is -0.315. The highest BCUT2D eigenvalue weighted by Crippen LogP contribution is 2.62. The van der Waals surface area contributed by atoms with Crippen molar-refractivity contribution >= 4 is 41.1 Å². The van der Waals surface area contributed by atoms with Crippen molar-refractivity contribution in [3.05, 3.63) is 81.4 Å². The number of nitrogens with zero attached hydrogens (tertiary/aromatic N) is 6. The third kappa shape index (κ3) is 7.02. The SMILES string of the molecule is Cc1c(NC(=O)c2nc3c(n2C)CCN(C2CCOCC2)C3)cccc1-c1cccc(NC(=O)c2nc3c(n2C)CCN(CCC24CCC(C=O)(CC2)C4)C3)c1Cl. The number of rotatable bonds is 10. The number of amides is 2. The van der Waals surface area contributed by atoms with Crippen LogP contribution in [0, 0.1) is 17.8 Å². The first kappa shape index (κ1) is 38.2. The molecule has 2 aromatic heterocycles. The van der Waals surface area contributed by atoms with Gasteiger partial charge in [0.2, 0.25) is 0 Å². The molecule has 0 radical (unpaired) electrons. The van der Waals surface area contributed by atoms with E-state index in [9.17, 15) is 14.4 Å². The molecule has 9 rings (SSSR count). The molecule has 0 spiro atoms. The molecular weight excluding hydrogens is 740 g/mol. The van der Waals surface area contributed by atoms with Crippen LogP contribution < -0.4 is 10.6 Å². The van der Waals surface area contributed by atoms with Gasteiger partial charge in [0.15, 0.2) is 11.6 Å². The van der Waals surface area contributed by atoms with Crippen LogP contribution in [0.3, 0.4) is 0 Å². The van der Waals surface area contributed by atoms with Gasteiger partial charge < -0.3 is 29.3 Å². The van der Waals surface area contributed by atoms with Crippen LogP contribution in [0.25, 0.3) is 11.1 Å². The second-order valence-electron chi connectivity index (χ2n) is 17.3. The molecule has 3 fully saturated rings. The van der Waals surface area contributed by atoms with Crippen LogP contribution in [0.1, 0.15) is 101 Å². The lowest BCUT2D eigenvalue weighted by Crippen LogP contribution is -2.42. The lowest BCUT2D eigenvalue weighted by Gasteiger charge is -2.36. The normalized spacial score (nSPS) is 23.6. The maximum absolute atomic E-state index is 13.8. The van der Waals surface area contributed by atoms with Gasteiger partial charge in [-0.2, -0.15) is 0 Å². The Morgan fingerprint density at radius 3 is 2.14 bits per heavy atom. The molecule has 2 aliphatic carbocycles. The fourth-order valence-electron chi connectivity index (χ4n) is 10.6. The van der Waals surface area contributed by atoms with Gasteiger partial charge in [0.05, 0.1) is 22.1 Å². The summed E-state index contributed by atoms with van der Waals surface area (Å²) >= 11 is 7.06. The molecule has 0 unspecified atom stereocenters. The molecule has 4 aromatic rings. The van der Waals surface area contributed by atoms with Crippen LogP contribution in [0.4, 0.5) is 11.4 Å². The minimum Gasteiger partial charge on any atom is -0.381 e. The lowest BCUT2D eigenvalue weighted by atomic mass is 9.80. The van der Waals surface area contributed by atoms with Crippen molar-refractivity contribution in [2.45, 2.75) is 90.3 Å². The summed E-state index contributed by atoms with van der Waals surface area (Å²) in [4.78, 5) is 53.9. The van der Waals surface area contributed by atoms with Crippen molar-refractivity contribution in [2.75, 3.05) is 43.5 Å². The Kier molecular flexibility index (Phi) is 10.1. The Hall–Kier alpha value is -4.36. The third-order valence-electron chi connectivity index (χ3n) is 14.1. The zero-order valence-corrected chi connectivity index (χ0v) is 34.1. The zero-order chi connectivity index (χ0) is 39.5. The van der Waals surface area contributed by atoms with Crippen LogP contribution in [0.2, 0.25) is 5.02 Å². The molecule has 2 amide bonds. The van der Waals surface area contributed by atoms with E-state index in [0.29, 0.717) is 46.0 Å². The highest BCUT2D eigenvalue weighted by molar-refractivity contribution is 6.36. The number of benzene rings is 2. The molecule has 2 N–H and O–H groups in total. The predicted molar refractivity (Wildman–Crippen MR) is 220 cm³/mol. The van der Waals surface area contributed by atoms with Crippen LogP contribution in [0.15, 0.2) is 36.4 Å². The zero-order valence-electron chi connectivity index (χ0n) is 33.3. The fourth-order valence-corrected chi connectivity index (χ4v) is 10.9. The molecule has 12 nitrogen and oxygen atoms in total. The number of fused-ring (bicyclic) bond motifs is 4. The molecule has 5 heterocycles. The largest absolute Gasteiger partial charge is 0.381 e. The number of carbonyl (C=O) groups excluding carboxylic acids is 3. The molecule has 2 bridgehead atoms. The third-order valence-corrected chi connectivity index (χ3v) is 14.5. The number of aldehydes is 1. The Morgan fingerprint density at radius 1 is 0.860 bits per heavy atom. The van der Waals surface area contributed by atoms with Crippen molar-refractivity contribution in [3.63, 3.8) is 0 Å². The van der Waals surface area contributed by atoms with Gasteiger partial charge in [-0.1, -0.05) is 35.9 Å². The summed E-state index contributed by atoms with van der Waals surface area (Å²) in [7, 11) is 3.84. The number of aromatic nitrogens is 4. The van der Waals surface area contributed by atoms with E-state index in [-0.39, 0.29) is 17.2 Å². The van der Waals surface area contributed by atoms with E-state index in [4.69, 9.17) is 26.3 Å². The van der Waals surface area contributed by atoms with E-state index in [1.807, 2.05) is 60.5 Å². The number of imidazole rings is 2. The molecular formula is C44H53ClN8O4. The smallest absolute Gasteiger partial charge is 0.291 e. The second kappa shape index (κ2) is 15.1. The van der Waals surface area contributed by atoms with Gasteiger partial charge in [-0.25, -0.2) is 9.97 Å². The number of carbonyl (C=O) groups is 3. The summed E-state index contributed by atoms with van der Waals surface area (Å²) in [5.41, 5.74) is 7.98. The first-order chi connectivity index (χ1) is 27.6. The second-order valence-corrected chi connectivity index (χ2v) is 17.7. The van der Waals surface area contributed by atoms with E-state index in [2.05, 4.69) is 20.4 Å².